The Morgan fingerprint density at radius 2 is 2.11 bits per heavy atom. The highest BCUT2D eigenvalue weighted by atomic mass is 19.1. The Kier molecular flexibility index (Phi) is 4.20. The van der Waals surface area contributed by atoms with Crippen molar-refractivity contribution in [2.24, 2.45) is 0 Å². The standard InChI is InChI=1S/C15H20FNO2/c1-17(11-12-6-5-7-13(16)10-12)15(14(18)19-2)8-3-4-9-15/h5-7,10H,3-4,8-9,11H2,1-2H3. The molecule has 0 aromatic heterocycles. The zero-order valence-corrected chi connectivity index (χ0v) is 11.5. The first-order chi connectivity index (χ1) is 9.08. The van der Waals surface area contributed by atoms with Crippen LogP contribution in [0.5, 0.6) is 0 Å². The molecule has 1 saturated carbocycles. The largest absolute Gasteiger partial charge is 0.468 e. The van der Waals surface area contributed by atoms with Crippen LogP contribution in [-0.2, 0) is 16.1 Å². The summed E-state index contributed by atoms with van der Waals surface area (Å²) in [4.78, 5) is 14.1. The Bertz CT molecular complexity index is 455. The number of nitrogens with zero attached hydrogens (tertiary/aromatic N) is 1. The molecule has 0 spiro atoms. The van der Waals surface area contributed by atoms with Crippen LogP contribution in [0.2, 0.25) is 0 Å². The third kappa shape index (κ3) is 2.78. The highest BCUT2D eigenvalue weighted by molar-refractivity contribution is 5.81. The van der Waals surface area contributed by atoms with E-state index in [4.69, 9.17) is 4.74 Å². The number of methoxy groups -OCH3 is 1. The fourth-order valence-electron chi connectivity index (χ4n) is 2.95. The van der Waals surface area contributed by atoms with E-state index in [0.717, 1.165) is 31.2 Å². The van der Waals surface area contributed by atoms with Gasteiger partial charge in [0.2, 0.25) is 0 Å². The molecular weight excluding hydrogens is 245 g/mol. The van der Waals surface area contributed by atoms with Crippen molar-refractivity contribution in [1.82, 2.24) is 4.90 Å². The van der Waals surface area contributed by atoms with Crippen LogP contribution in [0.15, 0.2) is 24.3 Å². The van der Waals surface area contributed by atoms with Crippen molar-refractivity contribution < 1.29 is 13.9 Å². The Morgan fingerprint density at radius 1 is 1.42 bits per heavy atom. The summed E-state index contributed by atoms with van der Waals surface area (Å²) >= 11 is 0. The molecule has 0 radical (unpaired) electrons. The minimum absolute atomic E-state index is 0.177. The van der Waals surface area contributed by atoms with Gasteiger partial charge in [0.25, 0.3) is 0 Å². The van der Waals surface area contributed by atoms with Crippen molar-refractivity contribution in [2.75, 3.05) is 14.2 Å². The van der Waals surface area contributed by atoms with Gasteiger partial charge in [-0.3, -0.25) is 9.69 Å². The zero-order valence-electron chi connectivity index (χ0n) is 11.5. The second-order valence-electron chi connectivity index (χ2n) is 5.22. The van der Waals surface area contributed by atoms with Crippen molar-refractivity contribution in [2.45, 2.75) is 37.8 Å². The van der Waals surface area contributed by atoms with E-state index in [1.165, 1.54) is 19.2 Å². The summed E-state index contributed by atoms with van der Waals surface area (Å²) in [6.45, 7) is 0.548. The van der Waals surface area contributed by atoms with E-state index in [1.54, 1.807) is 6.07 Å². The first-order valence-electron chi connectivity index (χ1n) is 6.62. The van der Waals surface area contributed by atoms with Crippen LogP contribution in [0.4, 0.5) is 4.39 Å². The molecule has 104 valence electrons. The summed E-state index contributed by atoms with van der Waals surface area (Å²) in [5, 5.41) is 0. The van der Waals surface area contributed by atoms with Crippen molar-refractivity contribution in [3.05, 3.63) is 35.6 Å². The SMILES string of the molecule is COC(=O)C1(N(C)Cc2cccc(F)c2)CCCC1. The van der Waals surface area contributed by atoms with Gasteiger partial charge in [-0.25, -0.2) is 4.39 Å². The van der Waals surface area contributed by atoms with Gasteiger partial charge in [-0.05, 0) is 37.6 Å². The molecule has 4 heteroatoms. The van der Waals surface area contributed by atoms with Gasteiger partial charge in [-0.15, -0.1) is 0 Å². The predicted molar refractivity (Wildman–Crippen MR) is 71.1 cm³/mol. The first-order valence-corrected chi connectivity index (χ1v) is 6.62. The highest BCUT2D eigenvalue weighted by Crippen LogP contribution is 2.36. The van der Waals surface area contributed by atoms with Gasteiger partial charge in [0, 0.05) is 6.54 Å². The fourth-order valence-corrected chi connectivity index (χ4v) is 2.95. The van der Waals surface area contributed by atoms with Gasteiger partial charge in [0.15, 0.2) is 0 Å². The zero-order chi connectivity index (χ0) is 13.9. The lowest BCUT2D eigenvalue weighted by Gasteiger charge is -2.36. The smallest absolute Gasteiger partial charge is 0.326 e. The number of carbonyl (C=O) groups is 1. The lowest BCUT2D eigenvalue weighted by molar-refractivity contribution is -0.154. The average Bonchev–Trinajstić information content (AvgIpc) is 2.88. The summed E-state index contributed by atoms with van der Waals surface area (Å²) in [7, 11) is 3.34. The molecule has 0 aliphatic heterocycles. The number of ether oxygens (including phenoxy) is 1. The predicted octanol–water partition coefficient (Wildman–Crippen LogP) is 2.74. The molecule has 0 atom stereocenters. The van der Waals surface area contributed by atoms with E-state index in [9.17, 15) is 9.18 Å². The Labute approximate surface area is 113 Å². The van der Waals surface area contributed by atoms with Crippen molar-refractivity contribution >= 4 is 5.97 Å². The van der Waals surface area contributed by atoms with Gasteiger partial charge >= 0.3 is 5.97 Å². The molecule has 0 N–H and O–H groups in total. The fraction of sp³-hybridized carbons (Fsp3) is 0.533. The van der Waals surface area contributed by atoms with Gasteiger partial charge in [0.1, 0.15) is 11.4 Å². The molecule has 1 aromatic carbocycles. The third-order valence-corrected chi connectivity index (χ3v) is 4.04. The molecule has 0 bridgehead atoms. The first kappa shape index (κ1) is 14.0. The average molecular weight is 265 g/mol. The van der Waals surface area contributed by atoms with Crippen LogP contribution in [0.3, 0.4) is 0 Å². The molecule has 0 amide bonds. The second kappa shape index (κ2) is 5.70. The number of likely N-dealkylation sites (N-methyl/N-ethyl adjacent to an activating group) is 1. The van der Waals surface area contributed by atoms with Crippen LogP contribution in [0, 0.1) is 5.82 Å². The molecule has 1 aliphatic rings. The molecule has 0 saturated heterocycles. The molecule has 1 aliphatic carbocycles. The number of carbonyl (C=O) groups excluding carboxylic acids is 1. The van der Waals surface area contributed by atoms with Crippen LogP contribution in [0.1, 0.15) is 31.2 Å². The van der Waals surface area contributed by atoms with E-state index in [2.05, 4.69) is 0 Å². The maximum Gasteiger partial charge on any atom is 0.326 e. The minimum atomic E-state index is -0.541. The molecular formula is C15H20FNO2. The van der Waals surface area contributed by atoms with Crippen molar-refractivity contribution in [3.8, 4) is 0 Å². The maximum absolute atomic E-state index is 13.2. The quantitative estimate of drug-likeness (QED) is 0.784. The summed E-state index contributed by atoms with van der Waals surface area (Å²) in [6, 6.07) is 6.50. The van der Waals surface area contributed by atoms with E-state index >= 15 is 0 Å². The third-order valence-electron chi connectivity index (χ3n) is 4.04. The number of hydrogen-bond acceptors (Lipinski definition) is 3. The minimum Gasteiger partial charge on any atom is -0.468 e. The highest BCUT2D eigenvalue weighted by Gasteiger charge is 2.45. The Hall–Kier alpha value is -1.42. The summed E-state index contributed by atoms with van der Waals surface area (Å²) in [6.07, 6.45) is 3.68. The molecule has 0 heterocycles. The van der Waals surface area contributed by atoms with Crippen LogP contribution < -0.4 is 0 Å². The topological polar surface area (TPSA) is 29.5 Å². The maximum atomic E-state index is 13.2. The molecule has 19 heavy (non-hydrogen) atoms. The van der Waals surface area contributed by atoms with Gasteiger partial charge in [-0.2, -0.15) is 0 Å². The van der Waals surface area contributed by atoms with Crippen LogP contribution in [-0.4, -0.2) is 30.6 Å². The Balaban J connectivity index is 2.16. The van der Waals surface area contributed by atoms with Gasteiger partial charge in [0.05, 0.1) is 7.11 Å². The van der Waals surface area contributed by atoms with E-state index in [0.29, 0.717) is 6.54 Å². The van der Waals surface area contributed by atoms with Crippen molar-refractivity contribution in [1.29, 1.82) is 0 Å². The Morgan fingerprint density at radius 3 is 2.68 bits per heavy atom. The number of hydrogen-bond donors (Lipinski definition) is 0. The van der Waals surface area contributed by atoms with Crippen molar-refractivity contribution in [3.63, 3.8) is 0 Å². The molecule has 1 fully saturated rings. The van der Waals surface area contributed by atoms with E-state index in [1.807, 2.05) is 18.0 Å². The van der Waals surface area contributed by atoms with Gasteiger partial charge < -0.3 is 4.74 Å². The van der Waals surface area contributed by atoms with E-state index < -0.39 is 5.54 Å². The molecule has 3 nitrogen and oxygen atoms in total. The normalized spacial score (nSPS) is 17.7. The number of rotatable bonds is 4. The molecule has 2 rings (SSSR count). The number of halogens is 1. The monoisotopic (exact) mass is 265 g/mol. The van der Waals surface area contributed by atoms with Crippen LogP contribution in [0.25, 0.3) is 0 Å². The summed E-state index contributed by atoms with van der Waals surface area (Å²) in [5.74, 6) is -0.423. The van der Waals surface area contributed by atoms with E-state index in [-0.39, 0.29) is 11.8 Å². The lowest BCUT2D eigenvalue weighted by atomic mass is 9.95. The number of esters is 1. The molecule has 0 unspecified atom stereocenters. The lowest BCUT2D eigenvalue weighted by Crippen LogP contribution is -2.51. The summed E-state index contributed by atoms with van der Waals surface area (Å²) < 4.78 is 18.2. The second-order valence-corrected chi connectivity index (χ2v) is 5.22. The summed E-state index contributed by atoms with van der Waals surface area (Å²) in [5.41, 5.74) is 0.332. The number of benzene rings is 1. The molecule has 1 aromatic rings. The van der Waals surface area contributed by atoms with Crippen LogP contribution >= 0.6 is 0 Å². The van der Waals surface area contributed by atoms with Gasteiger partial charge in [-0.1, -0.05) is 25.0 Å².